The van der Waals surface area contributed by atoms with Gasteiger partial charge in [-0.25, -0.2) is 0 Å². The minimum absolute atomic E-state index is 0.146. The van der Waals surface area contributed by atoms with E-state index in [2.05, 4.69) is 15.5 Å². The fraction of sp³-hybridized carbons (Fsp3) is 0.125. The first-order valence-electron chi connectivity index (χ1n) is 9.77. The molecule has 1 aromatic heterocycles. The van der Waals surface area contributed by atoms with Crippen LogP contribution in [0, 0.1) is 6.92 Å². The Morgan fingerprint density at radius 3 is 2.52 bits per heavy atom. The van der Waals surface area contributed by atoms with E-state index in [-0.39, 0.29) is 19.1 Å². The third-order valence-electron chi connectivity index (χ3n) is 4.48. The first-order chi connectivity index (χ1) is 15.2. The van der Waals surface area contributed by atoms with E-state index in [1.807, 2.05) is 73.7 Å². The summed E-state index contributed by atoms with van der Waals surface area (Å²) in [5, 5.41) is 6.87. The molecule has 0 radical (unpaired) electrons. The summed E-state index contributed by atoms with van der Waals surface area (Å²) in [6.45, 7) is 1.94. The summed E-state index contributed by atoms with van der Waals surface area (Å²) in [5.41, 5.74) is 2.36. The third kappa shape index (κ3) is 5.27. The number of hydrogen-bond acceptors (Lipinski definition) is 6. The molecule has 1 amide bonds. The topological polar surface area (TPSA) is 86.5 Å². The van der Waals surface area contributed by atoms with Crippen molar-refractivity contribution in [2.45, 2.75) is 13.5 Å². The van der Waals surface area contributed by atoms with E-state index in [4.69, 9.17) is 14.0 Å². The maximum absolute atomic E-state index is 12.3. The number of nitrogens with one attached hydrogen (secondary N) is 1. The monoisotopic (exact) mass is 415 g/mol. The summed E-state index contributed by atoms with van der Waals surface area (Å²) < 4.78 is 16.7. The number of rotatable bonds is 8. The van der Waals surface area contributed by atoms with Gasteiger partial charge in [0.05, 0.1) is 5.56 Å². The van der Waals surface area contributed by atoms with Gasteiger partial charge < -0.3 is 19.3 Å². The van der Waals surface area contributed by atoms with Crippen molar-refractivity contribution < 1.29 is 18.8 Å². The smallest absolute Gasteiger partial charge is 0.264 e. The van der Waals surface area contributed by atoms with Gasteiger partial charge in [-0.05, 0) is 42.8 Å². The van der Waals surface area contributed by atoms with Crippen LogP contribution in [0.15, 0.2) is 83.4 Å². The number of ether oxygens (including phenoxy) is 2. The number of aromatic nitrogens is 2. The van der Waals surface area contributed by atoms with Crippen LogP contribution >= 0.6 is 0 Å². The Bertz CT molecular complexity index is 1160. The zero-order valence-electron chi connectivity index (χ0n) is 16.9. The summed E-state index contributed by atoms with van der Waals surface area (Å²) in [6.07, 6.45) is 0. The largest absolute Gasteiger partial charge is 0.484 e. The first-order valence-corrected chi connectivity index (χ1v) is 9.77. The molecule has 0 saturated carbocycles. The molecular weight excluding hydrogens is 394 g/mol. The summed E-state index contributed by atoms with van der Waals surface area (Å²) >= 11 is 0. The first kappa shape index (κ1) is 20.2. The van der Waals surface area contributed by atoms with Crippen molar-refractivity contribution in [1.29, 1.82) is 0 Å². The van der Waals surface area contributed by atoms with Gasteiger partial charge in [0.25, 0.3) is 11.8 Å². The van der Waals surface area contributed by atoms with Gasteiger partial charge >= 0.3 is 0 Å². The molecule has 1 N–H and O–H groups in total. The normalized spacial score (nSPS) is 10.5. The van der Waals surface area contributed by atoms with Crippen LogP contribution in [0.4, 0.5) is 5.69 Å². The molecule has 0 aliphatic heterocycles. The second-order valence-electron chi connectivity index (χ2n) is 6.76. The highest BCUT2D eigenvalue weighted by Gasteiger charge is 2.15. The van der Waals surface area contributed by atoms with E-state index < -0.39 is 0 Å². The zero-order valence-corrected chi connectivity index (χ0v) is 16.9. The summed E-state index contributed by atoms with van der Waals surface area (Å²) in [6, 6.07) is 24.2. The Morgan fingerprint density at radius 2 is 1.68 bits per heavy atom. The number of hydrogen-bond donors (Lipinski definition) is 1. The van der Waals surface area contributed by atoms with E-state index in [1.165, 1.54) is 0 Å². The van der Waals surface area contributed by atoms with Crippen molar-refractivity contribution >= 4 is 11.6 Å². The molecule has 7 nitrogen and oxygen atoms in total. The number of para-hydroxylation sites is 3. The van der Waals surface area contributed by atoms with Crippen LogP contribution in [0.3, 0.4) is 0 Å². The molecule has 3 aromatic carbocycles. The lowest BCUT2D eigenvalue weighted by atomic mass is 10.2. The molecule has 7 heteroatoms. The Morgan fingerprint density at radius 1 is 0.935 bits per heavy atom. The van der Waals surface area contributed by atoms with Gasteiger partial charge in [0, 0.05) is 5.69 Å². The van der Waals surface area contributed by atoms with E-state index in [0.29, 0.717) is 28.8 Å². The second-order valence-corrected chi connectivity index (χ2v) is 6.76. The Labute approximate surface area is 179 Å². The number of amides is 1. The molecule has 0 aliphatic carbocycles. The van der Waals surface area contributed by atoms with Crippen molar-refractivity contribution in [3.8, 4) is 22.9 Å². The van der Waals surface area contributed by atoms with Gasteiger partial charge in [0.2, 0.25) is 5.82 Å². The van der Waals surface area contributed by atoms with Gasteiger partial charge in [-0.15, -0.1) is 0 Å². The van der Waals surface area contributed by atoms with Crippen LogP contribution in [-0.2, 0) is 11.4 Å². The van der Waals surface area contributed by atoms with Gasteiger partial charge in [-0.1, -0.05) is 53.7 Å². The van der Waals surface area contributed by atoms with Crippen molar-refractivity contribution in [3.63, 3.8) is 0 Å². The maximum Gasteiger partial charge on any atom is 0.264 e. The van der Waals surface area contributed by atoms with Crippen molar-refractivity contribution in [2.75, 3.05) is 11.9 Å². The summed E-state index contributed by atoms with van der Waals surface area (Å²) in [7, 11) is 0. The van der Waals surface area contributed by atoms with E-state index >= 15 is 0 Å². The molecule has 156 valence electrons. The van der Waals surface area contributed by atoms with Crippen molar-refractivity contribution in [1.82, 2.24) is 10.1 Å². The van der Waals surface area contributed by atoms with Crippen LogP contribution in [0.2, 0.25) is 0 Å². The van der Waals surface area contributed by atoms with Crippen LogP contribution in [0.1, 0.15) is 11.5 Å². The number of carbonyl (C=O) groups excluding carboxylic acids is 1. The molecule has 0 spiro atoms. The molecule has 31 heavy (non-hydrogen) atoms. The Kier molecular flexibility index (Phi) is 6.23. The molecule has 0 unspecified atom stereocenters. The number of anilines is 1. The average molecular weight is 415 g/mol. The minimum Gasteiger partial charge on any atom is -0.484 e. The minimum atomic E-state index is -0.255. The van der Waals surface area contributed by atoms with E-state index in [9.17, 15) is 4.79 Å². The number of carbonyl (C=O) groups is 1. The third-order valence-corrected chi connectivity index (χ3v) is 4.48. The quantitative estimate of drug-likeness (QED) is 0.451. The van der Waals surface area contributed by atoms with Crippen LogP contribution in [0.25, 0.3) is 11.4 Å². The second kappa shape index (κ2) is 9.58. The van der Waals surface area contributed by atoms with Crippen LogP contribution in [-0.4, -0.2) is 22.7 Å². The predicted molar refractivity (Wildman–Crippen MR) is 116 cm³/mol. The standard InChI is InChI=1S/C24H21N3O4/c1-17-9-5-7-13-20(17)25-22(28)15-30-21-14-8-6-12-19(21)24-26-23(31-27-24)16-29-18-10-3-2-4-11-18/h2-14H,15-16H2,1H3,(H,25,28). The van der Waals surface area contributed by atoms with Gasteiger partial charge in [-0.2, -0.15) is 4.98 Å². The average Bonchev–Trinajstić information content (AvgIpc) is 3.28. The highest BCUT2D eigenvalue weighted by Crippen LogP contribution is 2.28. The number of benzene rings is 3. The fourth-order valence-corrected chi connectivity index (χ4v) is 2.90. The Balaban J connectivity index is 1.40. The molecule has 0 bridgehead atoms. The van der Waals surface area contributed by atoms with Gasteiger partial charge in [0.15, 0.2) is 13.2 Å². The molecule has 0 atom stereocenters. The molecule has 4 rings (SSSR count). The lowest BCUT2D eigenvalue weighted by molar-refractivity contribution is -0.118. The van der Waals surface area contributed by atoms with E-state index in [0.717, 1.165) is 11.3 Å². The summed E-state index contributed by atoms with van der Waals surface area (Å²) in [4.78, 5) is 16.7. The number of nitrogens with zero attached hydrogens (tertiary/aromatic N) is 2. The maximum atomic E-state index is 12.3. The van der Waals surface area contributed by atoms with E-state index in [1.54, 1.807) is 12.1 Å². The highest BCUT2D eigenvalue weighted by molar-refractivity contribution is 5.92. The molecular formula is C24H21N3O4. The van der Waals surface area contributed by atoms with Crippen molar-refractivity contribution in [3.05, 3.63) is 90.3 Å². The lowest BCUT2D eigenvalue weighted by Crippen LogP contribution is -2.20. The lowest BCUT2D eigenvalue weighted by Gasteiger charge is -2.11. The Hall–Kier alpha value is -4.13. The van der Waals surface area contributed by atoms with Crippen molar-refractivity contribution in [2.24, 2.45) is 0 Å². The molecule has 0 saturated heterocycles. The molecule has 1 heterocycles. The van der Waals surface area contributed by atoms with Crippen LogP contribution in [0.5, 0.6) is 11.5 Å². The SMILES string of the molecule is Cc1ccccc1NC(=O)COc1ccccc1-c1noc(COc2ccccc2)n1. The number of aryl methyl sites for hydroxylation is 1. The fourth-order valence-electron chi connectivity index (χ4n) is 2.90. The highest BCUT2D eigenvalue weighted by atomic mass is 16.5. The van der Waals surface area contributed by atoms with Gasteiger partial charge in [-0.3, -0.25) is 4.79 Å². The molecule has 4 aromatic rings. The molecule has 0 fully saturated rings. The van der Waals surface area contributed by atoms with Crippen LogP contribution < -0.4 is 14.8 Å². The van der Waals surface area contributed by atoms with Gasteiger partial charge in [0.1, 0.15) is 11.5 Å². The zero-order chi connectivity index (χ0) is 21.5. The predicted octanol–water partition coefficient (Wildman–Crippen LogP) is 4.64. The summed E-state index contributed by atoms with van der Waals surface area (Å²) in [5.74, 6) is 1.64. The molecule has 0 aliphatic rings.